The number of piperidine rings is 1. The van der Waals surface area contributed by atoms with E-state index in [0.717, 1.165) is 45.4 Å². The van der Waals surface area contributed by atoms with Crippen molar-refractivity contribution >= 4 is 21.8 Å². The molecule has 0 radical (unpaired) electrons. The number of carbonyl (C=O) groups is 1. The van der Waals surface area contributed by atoms with Crippen LogP contribution in [0, 0.1) is 0 Å². The van der Waals surface area contributed by atoms with Crippen molar-refractivity contribution in [1.29, 1.82) is 0 Å². The van der Waals surface area contributed by atoms with E-state index < -0.39 is 0 Å². The number of halogens is 1. The number of amides is 1. The Morgan fingerprint density at radius 2 is 2.13 bits per heavy atom. The van der Waals surface area contributed by atoms with E-state index in [9.17, 15) is 4.79 Å². The van der Waals surface area contributed by atoms with Crippen molar-refractivity contribution in [2.24, 2.45) is 0 Å². The van der Waals surface area contributed by atoms with E-state index in [1.54, 1.807) is 0 Å². The third-order valence-corrected chi connectivity index (χ3v) is 3.88. The average Bonchev–Trinajstić information content (AvgIpc) is 2.29. The van der Waals surface area contributed by atoms with E-state index in [1.165, 1.54) is 6.42 Å². The Morgan fingerprint density at radius 1 is 1.27 bits per heavy atom. The molecule has 15 heavy (non-hydrogen) atoms. The number of ether oxygens (including phenoxy) is 1. The number of carbonyl (C=O) groups excluding carboxylic acids is 1. The molecule has 2 fully saturated rings. The van der Waals surface area contributed by atoms with Crippen molar-refractivity contribution in [2.45, 2.75) is 43.0 Å². The first-order valence-electron chi connectivity index (χ1n) is 5.82. The first kappa shape index (κ1) is 11.4. The van der Waals surface area contributed by atoms with Crippen LogP contribution >= 0.6 is 15.9 Å². The second-order valence-corrected chi connectivity index (χ2v) is 5.67. The zero-order valence-electron chi connectivity index (χ0n) is 8.95. The first-order chi connectivity index (χ1) is 7.27. The molecule has 2 aliphatic rings. The van der Waals surface area contributed by atoms with Gasteiger partial charge >= 0.3 is 0 Å². The quantitative estimate of drug-likeness (QED) is 0.685. The van der Waals surface area contributed by atoms with Gasteiger partial charge in [-0.3, -0.25) is 4.79 Å². The SMILES string of the molecule is O=C(C1CCCCO1)N1CCCC(Br)C1. The molecule has 1 amide bonds. The number of nitrogens with zero attached hydrogens (tertiary/aromatic N) is 1. The van der Waals surface area contributed by atoms with Crippen molar-refractivity contribution in [3.63, 3.8) is 0 Å². The van der Waals surface area contributed by atoms with Crippen LogP contribution < -0.4 is 0 Å². The van der Waals surface area contributed by atoms with Gasteiger partial charge in [-0.15, -0.1) is 0 Å². The molecule has 0 aliphatic carbocycles. The molecule has 2 saturated heterocycles. The molecule has 4 heteroatoms. The zero-order chi connectivity index (χ0) is 10.7. The van der Waals surface area contributed by atoms with Gasteiger partial charge in [0, 0.05) is 24.5 Å². The van der Waals surface area contributed by atoms with Crippen molar-refractivity contribution in [3.05, 3.63) is 0 Å². The van der Waals surface area contributed by atoms with Crippen LogP contribution in [0.25, 0.3) is 0 Å². The van der Waals surface area contributed by atoms with Crippen LogP contribution in [0.1, 0.15) is 32.1 Å². The molecule has 0 spiro atoms. The van der Waals surface area contributed by atoms with Crippen molar-refractivity contribution < 1.29 is 9.53 Å². The zero-order valence-corrected chi connectivity index (χ0v) is 10.5. The number of hydrogen-bond acceptors (Lipinski definition) is 2. The predicted molar refractivity (Wildman–Crippen MR) is 62.1 cm³/mol. The number of likely N-dealkylation sites (tertiary alicyclic amines) is 1. The Morgan fingerprint density at radius 3 is 2.80 bits per heavy atom. The maximum atomic E-state index is 12.1. The Labute approximate surface area is 99.3 Å². The van der Waals surface area contributed by atoms with E-state index in [4.69, 9.17) is 4.74 Å². The molecule has 2 rings (SSSR count). The van der Waals surface area contributed by atoms with Crippen molar-refractivity contribution in [3.8, 4) is 0 Å². The fraction of sp³-hybridized carbons (Fsp3) is 0.909. The van der Waals surface area contributed by atoms with Crippen LogP contribution in [-0.2, 0) is 9.53 Å². The lowest BCUT2D eigenvalue weighted by Gasteiger charge is -2.33. The van der Waals surface area contributed by atoms with Gasteiger partial charge < -0.3 is 9.64 Å². The second kappa shape index (κ2) is 5.30. The molecular formula is C11H18BrNO2. The van der Waals surface area contributed by atoms with Crippen LogP contribution in [0.3, 0.4) is 0 Å². The summed E-state index contributed by atoms with van der Waals surface area (Å²) in [5.74, 6) is 0.207. The Kier molecular flexibility index (Phi) is 4.03. The molecular weight excluding hydrogens is 258 g/mol. The monoisotopic (exact) mass is 275 g/mol. The summed E-state index contributed by atoms with van der Waals surface area (Å²) in [7, 11) is 0. The van der Waals surface area contributed by atoms with Gasteiger partial charge in [0.15, 0.2) is 0 Å². The lowest BCUT2D eigenvalue weighted by atomic mass is 10.1. The molecule has 0 bridgehead atoms. The second-order valence-electron chi connectivity index (χ2n) is 4.38. The molecule has 0 saturated carbocycles. The first-order valence-corrected chi connectivity index (χ1v) is 6.73. The minimum Gasteiger partial charge on any atom is -0.368 e. The topological polar surface area (TPSA) is 29.5 Å². The normalized spacial score (nSPS) is 32.7. The van der Waals surface area contributed by atoms with Gasteiger partial charge in [-0.2, -0.15) is 0 Å². The standard InChI is InChI=1S/C11H18BrNO2/c12-9-4-3-6-13(8-9)11(14)10-5-1-2-7-15-10/h9-10H,1-8H2. The third-order valence-electron chi connectivity index (χ3n) is 3.13. The molecule has 2 aliphatic heterocycles. The van der Waals surface area contributed by atoms with Gasteiger partial charge in [0.25, 0.3) is 5.91 Å². The summed E-state index contributed by atoms with van der Waals surface area (Å²) >= 11 is 3.59. The number of hydrogen-bond donors (Lipinski definition) is 0. The summed E-state index contributed by atoms with van der Waals surface area (Å²) in [6, 6.07) is 0. The van der Waals surface area contributed by atoms with E-state index in [1.807, 2.05) is 4.90 Å². The van der Waals surface area contributed by atoms with Crippen molar-refractivity contribution in [2.75, 3.05) is 19.7 Å². The Balaban J connectivity index is 1.88. The highest BCUT2D eigenvalue weighted by atomic mass is 79.9. The molecule has 0 aromatic carbocycles. The molecule has 0 aromatic rings. The fourth-order valence-electron chi connectivity index (χ4n) is 2.26. The minimum absolute atomic E-state index is 0.156. The van der Waals surface area contributed by atoms with Crippen LogP contribution in [0.2, 0.25) is 0 Å². The number of alkyl halides is 1. The minimum atomic E-state index is -0.156. The highest BCUT2D eigenvalue weighted by molar-refractivity contribution is 9.09. The van der Waals surface area contributed by atoms with E-state index in [-0.39, 0.29) is 12.0 Å². The lowest BCUT2D eigenvalue weighted by molar-refractivity contribution is -0.147. The summed E-state index contributed by atoms with van der Waals surface area (Å²) < 4.78 is 5.52. The highest BCUT2D eigenvalue weighted by Gasteiger charge is 2.29. The maximum absolute atomic E-state index is 12.1. The van der Waals surface area contributed by atoms with E-state index in [0.29, 0.717) is 4.83 Å². The van der Waals surface area contributed by atoms with E-state index >= 15 is 0 Å². The summed E-state index contributed by atoms with van der Waals surface area (Å²) in [6.07, 6.45) is 5.26. The molecule has 2 unspecified atom stereocenters. The Hall–Kier alpha value is -0.0900. The van der Waals surface area contributed by atoms with Gasteiger partial charge in [-0.25, -0.2) is 0 Å². The third kappa shape index (κ3) is 2.94. The highest BCUT2D eigenvalue weighted by Crippen LogP contribution is 2.20. The van der Waals surface area contributed by atoms with Gasteiger partial charge in [0.2, 0.25) is 0 Å². The average molecular weight is 276 g/mol. The largest absolute Gasteiger partial charge is 0.368 e. The van der Waals surface area contributed by atoms with E-state index in [2.05, 4.69) is 15.9 Å². The van der Waals surface area contributed by atoms with Gasteiger partial charge in [0.1, 0.15) is 6.10 Å². The maximum Gasteiger partial charge on any atom is 0.251 e. The van der Waals surface area contributed by atoms with Gasteiger partial charge in [-0.05, 0) is 32.1 Å². The summed E-state index contributed by atoms with van der Waals surface area (Å²) in [6.45, 7) is 2.50. The Bertz CT molecular complexity index is 229. The molecule has 86 valence electrons. The molecule has 0 aromatic heterocycles. The summed E-state index contributed by atoms with van der Waals surface area (Å²) in [5, 5.41) is 0. The molecule has 3 nitrogen and oxygen atoms in total. The van der Waals surface area contributed by atoms with Crippen LogP contribution in [0.4, 0.5) is 0 Å². The van der Waals surface area contributed by atoms with Gasteiger partial charge in [-0.1, -0.05) is 15.9 Å². The van der Waals surface area contributed by atoms with Crippen LogP contribution in [0.15, 0.2) is 0 Å². The van der Waals surface area contributed by atoms with Crippen molar-refractivity contribution in [1.82, 2.24) is 4.90 Å². The summed E-state index contributed by atoms with van der Waals surface area (Å²) in [4.78, 5) is 14.5. The summed E-state index contributed by atoms with van der Waals surface area (Å²) in [5.41, 5.74) is 0. The molecule has 0 N–H and O–H groups in total. The van der Waals surface area contributed by atoms with Gasteiger partial charge in [0.05, 0.1) is 0 Å². The number of rotatable bonds is 1. The van der Waals surface area contributed by atoms with Crippen LogP contribution in [-0.4, -0.2) is 41.4 Å². The predicted octanol–water partition coefficient (Wildman–Crippen LogP) is 1.94. The lowest BCUT2D eigenvalue weighted by Crippen LogP contribution is -2.46. The molecule has 2 atom stereocenters. The fourth-order valence-corrected chi connectivity index (χ4v) is 2.94. The smallest absolute Gasteiger partial charge is 0.251 e. The molecule has 2 heterocycles. The van der Waals surface area contributed by atoms with Crippen LogP contribution in [0.5, 0.6) is 0 Å².